The number of fused-ring (bicyclic) bond motifs is 2. The SMILES string of the molecule is Cc1nc2ccc(F)c(-c3cc4c([nH]3)C([C@H](C)O)NC4=O)c2nc1NC1CC1. The molecule has 1 aromatic carbocycles. The molecule has 28 heavy (non-hydrogen) atoms. The predicted octanol–water partition coefficient (Wildman–Crippen LogP) is 2.81. The summed E-state index contributed by atoms with van der Waals surface area (Å²) < 4.78 is 14.9. The zero-order valence-electron chi connectivity index (χ0n) is 15.5. The van der Waals surface area contributed by atoms with Crippen molar-refractivity contribution < 1.29 is 14.3 Å². The molecule has 3 heterocycles. The number of anilines is 1. The number of hydrogen-bond donors (Lipinski definition) is 4. The van der Waals surface area contributed by atoms with E-state index in [4.69, 9.17) is 0 Å². The van der Waals surface area contributed by atoms with Crippen molar-refractivity contribution >= 4 is 22.8 Å². The zero-order chi connectivity index (χ0) is 19.6. The molecular formula is C20H20FN5O2. The molecule has 2 aliphatic rings. The van der Waals surface area contributed by atoms with E-state index in [0.717, 1.165) is 18.5 Å². The van der Waals surface area contributed by atoms with Gasteiger partial charge in [0.2, 0.25) is 0 Å². The van der Waals surface area contributed by atoms with Gasteiger partial charge < -0.3 is 20.7 Å². The van der Waals surface area contributed by atoms with E-state index < -0.39 is 18.0 Å². The molecule has 4 N–H and O–H groups in total. The van der Waals surface area contributed by atoms with Crippen LogP contribution in [0.3, 0.4) is 0 Å². The molecule has 0 radical (unpaired) electrons. The fourth-order valence-electron chi connectivity index (χ4n) is 3.69. The highest BCUT2D eigenvalue weighted by Crippen LogP contribution is 2.36. The van der Waals surface area contributed by atoms with Crippen molar-refractivity contribution in [1.29, 1.82) is 0 Å². The number of benzene rings is 1. The molecule has 2 aromatic heterocycles. The second kappa shape index (κ2) is 6.00. The first-order valence-electron chi connectivity index (χ1n) is 9.38. The first-order chi connectivity index (χ1) is 13.4. The van der Waals surface area contributed by atoms with Crippen molar-refractivity contribution in [2.75, 3.05) is 5.32 Å². The first kappa shape index (κ1) is 17.1. The number of aromatic amines is 1. The van der Waals surface area contributed by atoms with Crippen LogP contribution in [0.15, 0.2) is 18.2 Å². The number of carbonyl (C=O) groups is 1. The number of aromatic nitrogens is 3. The van der Waals surface area contributed by atoms with Gasteiger partial charge in [-0.05, 0) is 44.9 Å². The molecule has 144 valence electrons. The van der Waals surface area contributed by atoms with E-state index in [1.165, 1.54) is 6.07 Å². The number of amides is 1. The van der Waals surface area contributed by atoms with E-state index >= 15 is 0 Å². The summed E-state index contributed by atoms with van der Waals surface area (Å²) in [4.78, 5) is 24.6. The average molecular weight is 381 g/mol. The third-order valence-electron chi connectivity index (χ3n) is 5.32. The van der Waals surface area contributed by atoms with Crippen molar-refractivity contribution in [3.63, 3.8) is 0 Å². The molecule has 1 fully saturated rings. The summed E-state index contributed by atoms with van der Waals surface area (Å²) in [7, 11) is 0. The third kappa shape index (κ3) is 2.63. The van der Waals surface area contributed by atoms with Crippen LogP contribution in [0, 0.1) is 12.7 Å². The number of H-pyrrole nitrogens is 1. The summed E-state index contributed by atoms with van der Waals surface area (Å²) in [5.74, 6) is -0.0837. The molecule has 5 rings (SSSR count). The molecule has 0 saturated heterocycles. The number of halogens is 1. The molecular weight excluding hydrogens is 361 g/mol. The highest BCUT2D eigenvalue weighted by Gasteiger charge is 2.34. The van der Waals surface area contributed by atoms with Gasteiger partial charge in [0.05, 0.1) is 45.9 Å². The van der Waals surface area contributed by atoms with Crippen LogP contribution in [0.4, 0.5) is 10.2 Å². The van der Waals surface area contributed by atoms with Gasteiger partial charge in [-0.2, -0.15) is 0 Å². The minimum atomic E-state index is -0.772. The Labute approximate surface area is 160 Å². The summed E-state index contributed by atoms with van der Waals surface area (Å²) in [6.07, 6.45) is 1.41. The molecule has 1 aliphatic carbocycles. The number of aliphatic hydroxyl groups excluding tert-OH is 1. The van der Waals surface area contributed by atoms with Crippen LogP contribution >= 0.6 is 0 Å². The Morgan fingerprint density at radius 3 is 2.82 bits per heavy atom. The van der Waals surface area contributed by atoms with Gasteiger partial charge in [-0.1, -0.05) is 0 Å². The quantitative estimate of drug-likeness (QED) is 0.557. The van der Waals surface area contributed by atoms with E-state index in [2.05, 4.69) is 25.6 Å². The number of nitrogens with one attached hydrogen (secondary N) is 3. The van der Waals surface area contributed by atoms with Gasteiger partial charge in [0.15, 0.2) is 0 Å². The van der Waals surface area contributed by atoms with Crippen LogP contribution < -0.4 is 10.6 Å². The van der Waals surface area contributed by atoms with Crippen LogP contribution in [-0.4, -0.2) is 38.1 Å². The van der Waals surface area contributed by atoms with Gasteiger partial charge in [0, 0.05) is 6.04 Å². The lowest BCUT2D eigenvalue weighted by molar-refractivity contribution is 0.0899. The maximum Gasteiger partial charge on any atom is 0.253 e. The first-order valence-corrected chi connectivity index (χ1v) is 9.38. The van der Waals surface area contributed by atoms with Crippen molar-refractivity contribution in [3.05, 3.63) is 41.0 Å². The summed E-state index contributed by atoms with van der Waals surface area (Å²) >= 11 is 0. The Bertz CT molecular complexity index is 1120. The van der Waals surface area contributed by atoms with E-state index in [1.54, 1.807) is 19.1 Å². The standard InChI is InChI=1S/C20H20FN5O2/c1-8-19(23-10-3-4-10)25-18-13(22-8)6-5-12(21)15(18)14-7-11-17(24-14)16(9(2)27)26-20(11)28/h5-7,9-10,16,24,27H,3-4H2,1-2H3,(H,23,25)(H,26,28)/t9-,16?/m0/s1. The molecule has 1 unspecified atom stereocenters. The fourth-order valence-corrected chi connectivity index (χ4v) is 3.69. The van der Waals surface area contributed by atoms with Gasteiger partial charge in [-0.25, -0.2) is 14.4 Å². The molecule has 7 nitrogen and oxygen atoms in total. The number of hydrogen-bond acceptors (Lipinski definition) is 5. The minimum Gasteiger partial charge on any atom is -0.391 e. The molecule has 1 amide bonds. The monoisotopic (exact) mass is 381 g/mol. The second-order valence-corrected chi connectivity index (χ2v) is 7.57. The molecule has 3 aromatic rings. The zero-order valence-corrected chi connectivity index (χ0v) is 15.5. The largest absolute Gasteiger partial charge is 0.391 e. The highest BCUT2D eigenvalue weighted by molar-refractivity contribution is 6.01. The lowest BCUT2D eigenvalue weighted by Gasteiger charge is -2.14. The van der Waals surface area contributed by atoms with Crippen molar-refractivity contribution in [3.8, 4) is 11.3 Å². The normalized spacial score (nSPS) is 19.6. The Kier molecular flexibility index (Phi) is 3.67. The second-order valence-electron chi connectivity index (χ2n) is 7.57. The maximum absolute atomic E-state index is 14.9. The van der Waals surface area contributed by atoms with Crippen LogP contribution in [0.2, 0.25) is 0 Å². The average Bonchev–Trinajstić information content (AvgIpc) is 3.27. The Morgan fingerprint density at radius 1 is 1.32 bits per heavy atom. The summed E-state index contributed by atoms with van der Waals surface area (Å²) in [5.41, 5.74) is 3.47. The maximum atomic E-state index is 14.9. The van der Waals surface area contributed by atoms with Gasteiger partial charge in [0.1, 0.15) is 17.2 Å². The van der Waals surface area contributed by atoms with Crippen molar-refractivity contribution in [2.45, 2.75) is 44.9 Å². The molecule has 1 aliphatic heterocycles. The number of rotatable bonds is 4. The van der Waals surface area contributed by atoms with Crippen molar-refractivity contribution in [2.24, 2.45) is 0 Å². The van der Waals surface area contributed by atoms with Gasteiger partial charge in [-0.3, -0.25) is 4.79 Å². The number of aryl methyl sites for hydroxylation is 1. The van der Waals surface area contributed by atoms with Gasteiger partial charge in [-0.15, -0.1) is 0 Å². The summed E-state index contributed by atoms with van der Waals surface area (Å²) in [6.45, 7) is 3.48. The van der Waals surface area contributed by atoms with Crippen molar-refractivity contribution in [1.82, 2.24) is 20.3 Å². The lowest BCUT2D eigenvalue weighted by atomic mass is 10.1. The predicted molar refractivity (Wildman–Crippen MR) is 103 cm³/mol. The Balaban J connectivity index is 1.68. The highest BCUT2D eigenvalue weighted by atomic mass is 19.1. The molecule has 8 heteroatoms. The number of aliphatic hydroxyl groups is 1. The molecule has 2 atom stereocenters. The van der Waals surface area contributed by atoms with E-state index in [1.807, 2.05) is 6.92 Å². The van der Waals surface area contributed by atoms with E-state index in [9.17, 15) is 14.3 Å². The summed E-state index contributed by atoms with van der Waals surface area (Å²) in [5, 5.41) is 16.0. The topological polar surface area (TPSA) is 103 Å². The lowest BCUT2D eigenvalue weighted by Crippen LogP contribution is -2.28. The molecule has 1 saturated carbocycles. The van der Waals surface area contributed by atoms with Crippen LogP contribution in [0.1, 0.15) is 47.6 Å². The van der Waals surface area contributed by atoms with Crippen LogP contribution in [0.5, 0.6) is 0 Å². The smallest absolute Gasteiger partial charge is 0.253 e. The van der Waals surface area contributed by atoms with Gasteiger partial charge in [0.25, 0.3) is 5.91 Å². The molecule has 0 spiro atoms. The van der Waals surface area contributed by atoms with Gasteiger partial charge >= 0.3 is 0 Å². The summed E-state index contributed by atoms with van der Waals surface area (Å²) in [6, 6.07) is 4.43. The molecule has 0 bridgehead atoms. The minimum absolute atomic E-state index is 0.274. The number of carbonyl (C=O) groups excluding carboxylic acids is 1. The fraction of sp³-hybridized carbons (Fsp3) is 0.350. The third-order valence-corrected chi connectivity index (χ3v) is 5.32. The Morgan fingerprint density at radius 2 is 2.11 bits per heavy atom. The van der Waals surface area contributed by atoms with E-state index in [0.29, 0.717) is 39.8 Å². The Hall–Kier alpha value is -3.00. The number of nitrogens with zero attached hydrogens (tertiary/aromatic N) is 2. The van der Waals surface area contributed by atoms with E-state index in [-0.39, 0.29) is 11.5 Å². The van der Waals surface area contributed by atoms with Crippen LogP contribution in [-0.2, 0) is 0 Å². The van der Waals surface area contributed by atoms with Crippen LogP contribution in [0.25, 0.3) is 22.3 Å².